The summed E-state index contributed by atoms with van der Waals surface area (Å²) in [5, 5.41) is 2.76. The number of nitrogen functional groups attached to an aromatic ring is 1. The van der Waals surface area contributed by atoms with Crippen LogP contribution < -0.4 is 11.1 Å². The van der Waals surface area contributed by atoms with Gasteiger partial charge in [0.1, 0.15) is 5.82 Å². The Kier molecular flexibility index (Phi) is 4.77. The Morgan fingerprint density at radius 3 is 2.47 bits per heavy atom. The van der Waals surface area contributed by atoms with Gasteiger partial charge in [-0.2, -0.15) is 0 Å². The van der Waals surface area contributed by atoms with Gasteiger partial charge in [0.25, 0.3) is 0 Å². The first-order chi connectivity index (χ1) is 9.16. The standard InChI is InChI=1S/C15H21FN2O/c16-12-8-9-13(17)14(10-12)18-15(19)11-6-4-2-1-3-5-7-11/h8-11H,1-7,17H2,(H,18,19). The predicted octanol–water partition coefficient (Wildman–Crippen LogP) is 3.71. The minimum Gasteiger partial charge on any atom is -0.397 e. The van der Waals surface area contributed by atoms with E-state index in [1.54, 1.807) is 0 Å². The molecule has 0 saturated heterocycles. The summed E-state index contributed by atoms with van der Waals surface area (Å²) in [4.78, 5) is 12.2. The molecule has 0 aromatic heterocycles. The molecule has 2 rings (SSSR count). The lowest BCUT2D eigenvalue weighted by atomic mass is 9.90. The van der Waals surface area contributed by atoms with E-state index in [2.05, 4.69) is 5.32 Å². The zero-order chi connectivity index (χ0) is 13.7. The van der Waals surface area contributed by atoms with E-state index in [1.807, 2.05) is 0 Å². The second-order valence-electron chi connectivity index (χ2n) is 5.26. The molecule has 19 heavy (non-hydrogen) atoms. The van der Waals surface area contributed by atoms with Crippen molar-refractivity contribution in [2.24, 2.45) is 5.92 Å². The molecule has 1 saturated carbocycles. The highest BCUT2D eigenvalue weighted by molar-refractivity contribution is 5.95. The van der Waals surface area contributed by atoms with E-state index >= 15 is 0 Å². The summed E-state index contributed by atoms with van der Waals surface area (Å²) >= 11 is 0. The van der Waals surface area contributed by atoms with Crippen LogP contribution in [0, 0.1) is 11.7 Å². The summed E-state index contributed by atoms with van der Waals surface area (Å²) in [5.41, 5.74) is 6.53. The molecule has 0 atom stereocenters. The van der Waals surface area contributed by atoms with Crippen LogP contribution in [0.15, 0.2) is 18.2 Å². The lowest BCUT2D eigenvalue weighted by Crippen LogP contribution is -2.24. The first-order valence-electron chi connectivity index (χ1n) is 7.02. The van der Waals surface area contributed by atoms with Crippen LogP contribution in [0.5, 0.6) is 0 Å². The fourth-order valence-corrected chi connectivity index (χ4v) is 2.59. The van der Waals surface area contributed by atoms with Crippen molar-refractivity contribution in [3.63, 3.8) is 0 Å². The molecule has 3 N–H and O–H groups in total. The van der Waals surface area contributed by atoms with Crippen molar-refractivity contribution < 1.29 is 9.18 Å². The molecule has 104 valence electrons. The molecule has 0 unspecified atom stereocenters. The smallest absolute Gasteiger partial charge is 0.227 e. The quantitative estimate of drug-likeness (QED) is 0.800. The van der Waals surface area contributed by atoms with Crippen molar-refractivity contribution in [1.29, 1.82) is 0 Å². The maximum absolute atomic E-state index is 13.2. The Labute approximate surface area is 113 Å². The molecule has 0 aliphatic heterocycles. The molecular formula is C15H21FN2O. The molecule has 3 nitrogen and oxygen atoms in total. The van der Waals surface area contributed by atoms with Crippen LogP contribution in [-0.4, -0.2) is 5.91 Å². The van der Waals surface area contributed by atoms with Gasteiger partial charge in [-0.3, -0.25) is 4.79 Å². The fourth-order valence-electron chi connectivity index (χ4n) is 2.59. The van der Waals surface area contributed by atoms with E-state index in [9.17, 15) is 9.18 Å². The van der Waals surface area contributed by atoms with Gasteiger partial charge >= 0.3 is 0 Å². The number of nitrogens with one attached hydrogen (secondary N) is 1. The predicted molar refractivity (Wildman–Crippen MR) is 75.3 cm³/mol. The summed E-state index contributed by atoms with van der Waals surface area (Å²) in [7, 11) is 0. The van der Waals surface area contributed by atoms with Gasteiger partial charge in [0.15, 0.2) is 0 Å². The third kappa shape index (κ3) is 3.94. The number of benzene rings is 1. The van der Waals surface area contributed by atoms with E-state index in [0.29, 0.717) is 11.4 Å². The fraction of sp³-hybridized carbons (Fsp3) is 0.533. The highest BCUT2D eigenvalue weighted by Gasteiger charge is 2.20. The number of halogens is 1. The molecule has 1 aliphatic rings. The third-order valence-corrected chi connectivity index (χ3v) is 3.75. The number of nitrogens with two attached hydrogens (primary N) is 1. The zero-order valence-electron chi connectivity index (χ0n) is 11.1. The normalized spacial score (nSPS) is 17.5. The van der Waals surface area contributed by atoms with Crippen LogP contribution >= 0.6 is 0 Å². The topological polar surface area (TPSA) is 55.1 Å². The van der Waals surface area contributed by atoms with Crippen LogP contribution in [0.1, 0.15) is 44.9 Å². The van der Waals surface area contributed by atoms with Crippen LogP contribution in [0.3, 0.4) is 0 Å². The number of rotatable bonds is 2. The van der Waals surface area contributed by atoms with E-state index in [4.69, 9.17) is 5.73 Å². The van der Waals surface area contributed by atoms with Gasteiger partial charge in [-0.05, 0) is 31.0 Å². The average Bonchev–Trinajstić information content (AvgIpc) is 2.33. The van der Waals surface area contributed by atoms with Crippen molar-refractivity contribution in [3.05, 3.63) is 24.0 Å². The van der Waals surface area contributed by atoms with Crippen molar-refractivity contribution >= 4 is 17.3 Å². The summed E-state index contributed by atoms with van der Waals surface area (Å²) in [6.45, 7) is 0. The summed E-state index contributed by atoms with van der Waals surface area (Å²) in [6.07, 6.45) is 7.69. The molecular weight excluding hydrogens is 243 g/mol. The van der Waals surface area contributed by atoms with Gasteiger partial charge in [-0.25, -0.2) is 4.39 Å². The lowest BCUT2D eigenvalue weighted by molar-refractivity contribution is -0.120. The number of carbonyl (C=O) groups is 1. The second kappa shape index (κ2) is 6.55. The SMILES string of the molecule is Nc1ccc(F)cc1NC(=O)C1CCCCCCC1. The average molecular weight is 264 g/mol. The van der Waals surface area contributed by atoms with Crippen molar-refractivity contribution in [2.45, 2.75) is 44.9 Å². The lowest BCUT2D eigenvalue weighted by Gasteiger charge is -2.19. The number of amides is 1. The minimum atomic E-state index is -0.387. The third-order valence-electron chi connectivity index (χ3n) is 3.75. The van der Waals surface area contributed by atoms with Crippen LogP contribution in [0.25, 0.3) is 0 Å². The Balaban J connectivity index is 2.00. The van der Waals surface area contributed by atoms with Crippen LogP contribution in [0.4, 0.5) is 15.8 Å². The molecule has 0 spiro atoms. The molecule has 1 amide bonds. The number of hydrogen-bond acceptors (Lipinski definition) is 2. The molecule has 1 aliphatic carbocycles. The van der Waals surface area contributed by atoms with E-state index in [1.165, 1.54) is 37.5 Å². The van der Waals surface area contributed by atoms with E-state index in [-0.39, 0.29) is 17.6 Å². The Morgan fingerprint density at radius 1 is 1.16 bits per heavy atom. The van der Waals surface area contributed by atoms with Gasteiger partial charge in [0.2, 0.25) is 5.91 Å². The van der Waals surface area contributed by atoms with Crippen LogP contribution in [-0.2, 0) is 4.79 Å². The van der Waals surface area contributed by atoms with Gasteiger partial charge < -0.3 is 11.1 Å². The zero-order valence-corrected chi connectivity index (χ0v) is 11.1. The van der Waals surface area contributed by atoms with Crippen LogP contribution in [0.2, 0.25) is 0 Å². The van der Waals surface area contributed by atoms with Gasteiger partial charge in [-0.1, -0.05) is 32.1 Å². The largest absolute Gasteiger partial charge is 0.397 e. The van der Waals surface area contributed by atoms with Gasteiger partial charge in [0.05, 0.1) is 11.4 Å². The van der Waals surface area contributed by atoms with Crippen molar-refractivity contribution in [3.8, 4) is 0 Å². The number of carbonyl (C=O) groups excluding carboxylic acids is 1. The van der Waals surface area contributed by atoms with E-state index in [0.717, 1.165) is 25.7 Å². The molecule has 0 bridgehead atoms. The summed E-state index contributed by atoms with van der Waals surface area (Å²) in [5.74, 6) is -0.385. The first kappa shape index (κ1) is 13.8. The Hall–Kier alpha value is -1.58. The highest BCUT2D eigenvalue weighted by Crippen LogP contribution is 2.25. The number of hydrogen-bond donors (Lipinski definition) is 2. The van der Waals surface area contributed by atoms with Crippen molar-refractivity contribution in [2.75, 3.05) is 11.1 Å². The summed E-state index contributed by atoms with van der Waals surface area (Å²) in [6, 6.07) is 4.04. The maximum Gasteiger partial charge on any atom is 0.227 e. The molecule has 4 heteroatoms. The number of anilines is 2. The molecule has 1 aromatic carbocycles. The Bertz CT molecular complexity index is 440. The Morgan fingerprint density at radius 2 is 1.79 bits per heavy atom. The second-order valence-corrected chi connectivity index (χ2v) is 5.26. The molecule has 0 radical (unpaired) electrons. The first-order valence-corrected chi connectivity index (χ1v) is 7.02. The monoisotopic (exact) mass is 264 g/mol. The van der Waals surface area contributed by atoms with Gasteiger partial charge in [0, 0.05) is 5.92 Å². The van der Waals surface area contributed by atoms with E-state index < -0.39 is 0 Å². The molecule has 1 fully saturated rings. The maximum atomic E-state index is 13.2. The summed E-state index contributed by atoms with van der Waals surface area (Å²) < 4.78 is 13.2. The highest BCUT2D eigenvalue weighted by atomic mass is 19.1. The van der Waals surface area contributed by atoms with Gasteiger partial charge in [-0.15, -0.1) is 0 Å². The van der Waals surface area contributed by atoms with Crippen molar-refractivity contribution in [1.82, 2.24) is 0 Å². The molecule has 1 aromatic rings. The molecule has 0 heterocycles. The minimum absolute atomic E-state index is 0.0285.